The number of aromatic nitrogens is 2. The average Bonchev–Trinajstić information content (AvgIpc) is 3.28. The van der Waals surface area contributed by atoms with Gasteiger partial charge in [0.15, 0.2) is 0 Å². The Morgan fingerprint density at radius 2 is 2.04 bits per heavy atom. The van der Waals surface area contributed by atoms with Gasteiger partial charge in [-0.1, -0.05) is 18.4 Å². The van der Waals surface area contributed by atoms with Crippen LogP contribution in [0.5, 0.6) is 5.75 Å². The van der Waals surface area contributed by atoms with Gasteiger partial charge in [-0.3, -0.25) is 5.32 Å². The number of thiophene rings is 1. The smallest absolute Gasteiger partial charge is 0.327 e. The highest BCUT2D eigenvalue weighted by Gasteiger charge is 2.11. The van der Waals surface area contributed by atoms with Gasteiger partial charge in [-0.25, -0.2) is 4.79 Å². The molecule has 3 rings (SSSR count). The van der Waals surface area contributed by atoms with Crippen LogP contribution in [0.4, 0.5) is 16.5 Å². The Morgan fingerprint density at radius 1 is 1.20 bits per heavy atom. The molecule has 2 amide bonds. The molecule has 2 aromatic heterocycles. The van der Waals surface area contributed by atoms with Crippen molar-refractivity contribution in [3.05, 3.63) is 41.1 Å². The Hall–Kier alpha value is -2.87. The zero-order valence-electron chi connectivity index (χ0n) is 13.7. The van der Waals surface area contributed by atoms with Gasteiger partial charge in [0.1, 0.15) is 5.75 Å². The predicted molar refractivity (Wildman–Crippen MR) is 97.1 cm³/mol. The van der Waals surface area contributed by atoms with Crippen molar-refractivity contribution in [3.63, 3.8) is 0 Å². The number of urea groups is 1. The third-order valence-electron chi connectivity index (χ3n) is 3.29. The molecule has 0 fully saturated rings. The zero-order chi connectivity index (χ0) is 17.5. The minimum absolute atomic E-state index is 0.0400. The topological polar surface area (TPSA) is 89.3 Å². The molecule has 8 heteroatoms. The van der Waals surface area contributed by atoms with Gasteiger partial charge in [0, 0.05) is 16.6 Å². The summed E-state index contributed by atoms with van der Waals surface area (Å²) in [4.78, 5) is 12.0. The second kappa shape index (κ2) is 8.29. The molecule has 130 valence electrons. The van der Waals surface area contributed by atoms with E-state index in [-0.39, 0.29) is 6.01 Å². The highest BCUT2D eigenvalue weighted by Crippen LogP contribution is 2.22. The number of nitrogens with one attached hydrogen (secondary N) is 2. The second-order valence-corrected chi connectivity index (χ2v) is 6.01. The number of nitrogens with zero attached hydrogens (tertiary/aromatic N) is 2. The molecular weight excluding hydrogens is 340 g/mol. The third kappa shape index (κ3) is 4.80. The van der Waals surface area contributed by atoms with Gasteiger partial charge in [-0.15, -0.1) is 5.10 Å². The fraction of sp³-hybridized carbons (Fsp3) is 0.235. The fourth-order valence-corrected chi connectivity index (χ4v) is 2.63. The van der Waals surface area contributed by atoms with Crippen molar-refractivity contribution >= 4 is 29.1 Å². The van der Waals surface area contributed by atoms with E-state index in [0.29, 0.717) is 18.2 Å². The van der Waals surface area contributed by atoms with E-state index in [1.807, 2.05) is 29.0 Å². The number of hydrogen-bond acceptors (Lipinski definition) is 6. The summed E-state index contributed by atoms with van der Waals surface area (Å²) in [5.41, 5.74) is 1.46. The van der Waals surface area contributed by atoms with Crippen LogP contribution >= 0.6 is 11.3 Å². The van der Waals surface area contributed by atoms with E-state index >= 15 is 0 Å². The zero-order valence-corrected chi connectivity index (χ0v) is 14.5. The fourth-order valence-electron chi connectivity index (χ4n) is 2.00. The van der Waals surface area contributed by atoms with Crippen molar-refractivity contribution in [3.8, 4) is 17.2 Å². The lowest BCUT2D eigenvalue weighted by Crippen LogP contribution is -2.19. The number of hydrogen-bond donors (Lipinski definition) is 2. The Balaban J connectivity index is 1.52. The maximum absolute atomic E-state index is 12.0. The quantitative estimate of drug-likeness (QED) is 0.602. The Kier molecular flexibility index (Phi) is 5.63. The number of rotatable bonds is 7. The van der Waals surface area contributed by atoms with Crippen LogP contribution in [0.15, 0.2) is 45.5 Å². The first-order valence-corrected chi connectivity index (χ1v) is 8.86. The van der Waals surface area contributed by atoms with Crippen molar-refractivity contribution in [2.24, 2.45) is 0 Å². The summed E-state index contributed by atoms with van der Waals surface area (Å²) in [6, 6.07) is 8.61. The van der Waals surface area contributed by atoms with Gasteiger partial charge in [0.05, 0.1) is 6.61 Å². The predicted octanol–water partition coefficient (Wildman–Crippen LogP) is 4.62. The standard InChI is InChI=1S/C17H18N4O3S/c1-2-3-9-23-14-6-4-13(5-7-14)18-16(22)19-17-21-20-15(24-17)12-8-10-25-11-12/h4-8,10-11H,2-3,9H2,1H3,(H2,18,19,21,22). The first-order valence-electron chi connectivity index (χ1n) is 7.91. The van der Waals surface area contributed by atoms with E-state index in [2.05, 4.69) is 27.8 Å². The maximum atomic E-state index is 12.0. The molecule has 2 N–H and O–H groups in total. The molecule has 0 saturated carbocycles. The van der Waals surface area contributed by atoms with Crippen molar-refractivity contribution < 1.29 is 13.9 Å². The van der Waals surface area contributed by atoms with Crippen molar-refractivity contribution in [2.75, 3.05) is 17.2 Å². The minimum atomic E-state index is -0.458. The molecular formula is C17H18N4O3S. The first kappa shape index (κ1) is 17.0. The second-order valence-electron chi connectivity index (χ2n) is 5.23. The normalized spacial score (nSPS) is 10.4. The summed E-state index contributed by atoms with van der Waals surface area (Å²) >= 11 is 1.53. The van der Waals surface area contributed by atoms with E-state index < -0.39 is 6.03 Å². The molecule has 0 saturated heterocycles. The molecule has 0 bridgehead atoms. The van der Waals surface area contributed by atoms with E-state index in [0.717, 1.165) is 24.2 Å². The molecule has 1 aromatic carbocycles. The van der Waals surface area contributed by atoms with Crippen LogP contribution in [0.2, 0.25) is 0 Å². The lowest BCUT2D eigenvalue weighted by Gasteiger charge is -2.07. The van der Waals surface area contributed by atoms with E-state index in [1.54, 1.807) is 12.1 Å². The van der Waals surface area contributed by atoms with Crippen molar-refractivity contribution in [1.29, 1.82) is 0 Å². The summed E-state index contributed by atoms with van der Waals surface area (Å²) in [6.45, 7) is 2.80. The van der Waals surface area contributed by atoms with Gasteiger partial charge >= 0.3 is 12.0 Å². The van der Waals surface area contributed by atoms with Gasteiger partial charge in [-0.05, 0) is 42.1 Å². The highest BCUT2D eigenvalue weighted by molar-refractivity contribution is 7.08. The molecule has 3 aromatic rings. The first-order chi connectivity index (χ1) is 12.2. The largest absolute Gasteiger partial charge is 0.494 e. The number of amides is 2. The molecule has 25 heavy (non-hydrogen) atoms. The third-order valence-corrected chi connectivity index (χ3v) is 3.98. The summed E-state index contributed by atoms with van der Waals surface area (Å²) in [6.07, 6.45) is 2.10. The Morgan fingerprint density at radius 3 is 2.76 bits per heavy atom. The molecule has 7 nitrogen and oxygen atoms in total. The minimum Gasteiger partial charge on any atom is -0.494 e. The highest BCUT2D eigenvalue weighted by atomic mass is 32.1. The molecule has 0 aliphatic heterocycles. The molecule has 0 aliphatic rings. The van der Waals surface area contributed by atoms with E-state index in [9.17, 15) is 4.79 Å². The molecule has 0 radical (unpaired) electrons. The number of benzene rings is 1. The Labute approximate surface area is 149 Å². The van der Waals surface area contributed by atoms with Crippen LogP contribution in [0.3, 0.4) is 0 Å². The van der Waals surface area contributed by atoms with Gasteiger partial charge in [0.2, 0.25) is 0 Å². The van der Waals surface area contributed by atoms with E-state index in [1.165, 1.54) is 11.3 Å². The lowest BCUT2D eigenvalue weighted by atomic mass is 10.3. The molecule has 0 atom stereocenters. The number of carbonyl (C=O) groups is 1. The van der Waals surface area contributed by atoms with Crippen molar-refractivity contribution in [2.45, 2.75) is 19.8 Å². The summed E-state index contributed by atoms with van der Waals surface area (Å²) in [5, 5.41) is 16.7. The average molecular weight is 358 g/mol. The van der Waals surface area contributed by atoms with Gasteiger partial charge in [0.25, 0.3) is 5.89 Å². The number of unbranched alkanes of at least 4 members (excludes halogenated alkanes) is 1. The van der Waals surface area contributed by atoms with Crippen LogP contribution in [0.1, 0.15) is 19.8 Å². The van der Waals surface area contributed by atoms with Crippen molar-refractivity contribution in [1.82, 2.24) is 10.2 Å². The lowest BCUT2D eigenvalue weighted by molar-refractivity contribution is 0.261. The number of ether oxygens (including phenoxy) is 1. The SMILES string of the molecule is CCCCOc1ccc(NC(=O)Nc2nnc(-c3ccsc3)o2)cc1. The van der Waals surface area contributed by atoms with Crippen LogP contribution in [0.25, 0.3) is 11.5 Å². The molecule has 0 aliphatic carbocycles. The Bertz CT molecular complexity index is 800. The monoisotopic (exact) mass is 358 g/mol. The van der Waals surface area contributed by atoms with Crippen LogP contribution in [-0.4, -0.2) is 22.8 Å². The summed E-state index contributed by atoms with van der Waals surface area (Å²) < 4.78 is 11.0. The van der Waals surface area contributed by atoms with Gasteiger partial charge < -0.3 is 14.5 Å². The summed E-state index contributed by atoms with van der Waals surface area (Å²) in [7, 11) is 0. The molecule has 0 spiro atoms. The molecule has 0 unspecified atom stereocenters. The van der Waals surface area contributed by atoms with E-state index in [4.69, 9.17) is 9.15 Å². The molecule has 2 heterocycles. The number of carbonyl (C=O) groups excluding carboxylic acids is 1. The maximum Gasteiger partial charge on any atom is 0.327 e. The number of anilines is 2. The summed E-state index contributed by atoms with van der Waals surface area (Å²) in [5.74, 6) is 1.14. The van der Waals surface area contributed by atoms with Crippen LogP contribution < -0.4 is 15.4 Å². The van der Waals surface area contributed by atoms with Gasteiger partial charge in [-0.2, -0.15) is 11.3 Å². The van der Waals surface area contributed by atoms with Crippen LogP contribution in [-0.2, 0) is 0 Å². The van der Waals surface area contributed by atoms with Crippen LogP contribution in [0, 0.1) is 0 Å².